The van der Waals surface area contributed by atoms with Gasteiger partial charge in [-0.1, -0.05) is 12.2 Å². The molecule has 0 aromatic rings. The summed E-state index contributed by atoms with van der Waals surface area (Å²) in [5, 5.41) is 12.0. The monoisotopic (exact) mass is 248 g/mol. The third kappa shape index (κ3) is 1.28. The first-order valence-corrected chi connectivity index (χ1v) is 4.20. The fourth-order valence-electron chi connectivity index (χ4n) is 1.69. The second-order valence-electron chi connectivity index (χ2n) is 3.18. The van der Waals surface area contributed by atoms with Crippen molar-refractivity contribution in [3.8, 4) is 6.07 Å². The molecule has 0 amide bonds. The zero-order chi connectivity index (χ0) is 7.90. The lowest BCUT2D eigenvalue weighted by Gasteiger charge is -2.41. The molecular formula is C8H10BrClN2. The summed E-state index contributed by atoms with van der Waals surface area (Å²) in [6.07, 6.45) is 4.93. The predicted molar refractivity (Wildman–Crippen MR) is 53.6 cm³/mol. The molecule has 3 aliphatic rings. The maximum atomic E-state index is 8.89. The van der Waals surface area contributed by atoms with Crippen LogP contribution in [0.15, 0.2) is 12.2 Å². The molecule has 3 unspecified atom stereocenters. The summed E-state index contributed by atoms with van der Waals surface area (Å²) in [7, 11) is 0. The second-order valence-corrected chi connectivity index (χ2v) is 3.71. The number of nitriles is 1. The van der Waals surface area contributed by atoms with E-state index in [1.807, 2.05) is 6.08 Å². The van der Waals surface area contributed by atoms with Gasteiger partial charge < -0.3 is 0 Å². The van der Waals surface area contributed by atoms with Crippen LogP contribution in [0.25, 0.3) is 0 Å². The lowest BCUT2D eigenvalue weighted by Crippen LogP contribution is -2.58. The highest BCUT2D eigenvalue weighted by Gasteiger charge is 2.43. The van der Waals surface area contributed by atoms with Gasteiger partial charge in [0.1, 0.15) is 5.54 Å². The van der Waals surface area contributed by atoms with Gasteiger partial charge in [0.15, 0.2) is 0 Å². The summed E-state index contributed by atoms with van der Waals surface area (Å²) >= 11 is 6.03. The smallest absolute Gasteiger partial charge is 0.141 e. The van der Waals surface area contributed by atoms with Gasteiger partial charge in [-0.3, -0.25) is 5.32 Å². The molecule has 2 bridgehead atoms. The Hall–Kier alpha value is -0.0400. The third-order valence-corrected chi connectivity index (χ3v) is 3.00. The van der Waals surface area contributed by atoms with Crippen molar-refractivity contribution in [2.75, 3.05) is 6.54 Å². The van der Waals surface area contributed by atoms with Crippen molar-refractivity contribution in [1.82, 2.24) is 5.32 Å². The van der Waals surface area contributed by atoms with Crippen molar-refractivity contribution in [3.63, 3.8) is 0 Å². The second kappa shape index (κ2) is 3.37. The maximum absolute atomic E-state index is 8.89. The van der Waals surface area contributed by atoms with Crippen LogP contribution in [0.2, 0.25) is 0 Å². The maximum Gasteiger partial charge on any atom is 0.141 e. The Labute approximate surface area is 87.4 Å². The molecule has 12 heavy (non-hydrogen) atoms. The number of nitrogens with zero attached hydrogens (tertiary/aromatic N) is 1. The average Bonchev–Trinajstić information content (AvgIpc) is 2.07. The molecule has 3 atom stereocenters. The van der Waals surface area contributed by atoms with Gasteiger partial charge in [0.25, 0.3) is 0 Å². The first-order valence-electron chi connectivity index (χ1n) is 3.76. The number of halogens is 2. The standard InChI is InChI=1S/C8H9ClN2.BrH/c9-7-3-6-1-2-8(7,5-10)11-4-6;/h1-2,6-7,11H,3-4H2;1H. The Morgan fingerprint density at radius 3 is 2.75 bits per heavy atom. The Kier molecular flexibility index (Phi) is 2.82. The SMILES string of the molecule is Br.N#CC12C=CC(CN1)CC2Cl. The fourth-order valence-corrected chi connectivity index (χ4v) is 2.12. The summed E-state index contributed by atoms with van der Waals surface area (Å²) in [6, 6.07) is 2.22. The molecule has 2 aliphatic heterocycles. The van der Waals surface area contributed by atoms with Crippen molar-refractivity contribution in [2.45, 2.75) is 17.3 Å². The fraction of sp³-hybridized carbons (Fsp3) is 0.625. The Balaban J connectivity index is 0.000000720. The first-order chi connectivity index (χ1) is 5.27. The molecule has 0 radical (unpaired) electrons. The van der Waals surface area contributed by atoms with Gasteiger partial charge >= 0.3 is 0 Å². The summed E-state index contributed by atoms with van der Waals surface area (Å²) < 4.78 is 0. The molecule has 1 saturated heterocycles. The van der Waals surface area contributed by atoms with E-state index in [0.717, 1.165) is 13.0 Å². The highest BCUT2D eigenvalue weighted by atomic mass is 79.9. The molecule has 2 nitrogen and oxygen atoms in total. The van der Waals surface area contributed by atoms with E-state index in [0.29, 0.717) is 5.92 Å². The molecule has 2 heterocycles. The van der Waals surface area contributed by atoms with Crippen LogP contribution in [-0.4, -0.2) is 17.5 Å². The van der Waals surface area contributed by atoms with E-state index in [9.17, 15) is 0 Å². The first kappa shape index (κ1) is 10.0. The van der Waals surface area contributed by atoms with Gasteiger partial charge in [-0.25, -0.2) is 0 Å². The molecule has 0 aromatic heterocycles. The highest BCUT2D eigenvalue weighted by Crippen LogP contribution is 2.34. The molecule has 0 saturated carbocycles. The van der Waals surface area contributed by atoms with E-state index in [-0.39, 0.29) is 22.4 Å². The van der Waals surface area contributed by atoms with Crippen molar-refractivity contribution < 1.29 is 0 Å². The van der Waals surface area contributed by atoms with Crippen LogP contribution in [-0.2, 0) is 0 Å². The van der Waals surface area contributed by atoms with Gasteiger partial charge in [0.2, 0.25) is 0 Å². The molecule has 1 aliphatic carbocycles. The summed E-state index contributed by atoms with van der Waals surface area (Å²) in [6.45, 7) is 0.896. The molecular weight excluding hydrogens is 239 g/mol. The van der Waals surface area contributed by atoms with Gasteiger partial charge in [-0.05, 0) is 12.3 Å². The largest absolute Gasteiger partial charge is 0.294 e. The number of piperidine rings is 1. The zero-order valence-corrected chi connectivity index (χ0v) is 8.93. The third-order valence-electron chi connectivity index (χ3n) is 2.48. The Bertz CT molecular complexity index is 248. The van der Waals surface area contributed by atoms with Crippen molar-refractivity contribution in [1.29, 1.82) is 5.26 Å². The normalized spacial score (nSPS) is 43.3. The van der Waals surface area contributed by atoms with Crippen molar-refractivity contribution in [2.24, 2.45) is 5.92 Å². The van der Waals surface area contributed by atoms with Gasteiger partial charge in [0, 0.05) is 6.54 Å². The topological polar surface area (TPSA) is 35.8 Å². The van der Waals surface area contributed by atoms with Crippen molar-refractivity contribution >= 4 is 28.6 Å². The van der Waals surface area contributed by atoms with E-state index in [1.165, 1.54) is 0 Å². The van der Waals surface area contributed by atoms with E-state index < -0.39 is 5.54 Å². The number of alkyl halides is 1. The minimum absolute atomic E-state index is 0. The minimum atomic E-state index is -0.573. The van der Waals surface area contributed by atoms with Crippen LogP contribution >= 0.6 is 28.6 Å². The highest BCUT2D eigenvalue weighted by molar-refractivity contribution is 8.93. The molecule has 4 heteroatoms. The number of hydrogen-bond acceptors (Lipinski definition) is 2. The van der Waals surface area contributed by atoms with Gasteiger partial charge in [-0.2, -0.15) is 5.26 Å². The minimum Gasteiger partial charge on any atom is -0.294 e. The van der Waals surface area contributed by atoms with E-state index in [1.54, 1.807) is 0 Å². The zero-order valence-electron chi connectivity index (χ0n) is 6.46. The van der Waals surface area contributed by atoms with E-state index in [2.05, 4.69) is 17.5 Å². The average molecular weight is 250 g/mol. The number of nitrogens with one attached hydrogen (secondary N) is 1. The predicted octanol–water partition coefficient (Wildman–Crippen LogP) is 1.61. The summed E-state index contributed by atoms with van der Waals surface area (Å²) in [5.41, 5.74) is -0.573. The van der Waals surface area contributed by atoms with Crippen LogP contribution in [0.3, 0.4) is 0 Å². The van der Waals surface area contributed by atoms with Gasteiger partial charge in [0.05, 0.1) is 11.4 Å². The van der Waals surface area contributed by atoms with Crippen LogP contribution in [0, 0.1) is 17.2 Å². The van der Waals surface area contributed by atoms with Crippen LogP contribution in [0.5, 0.6) is 0 Å². The quantitative estimate of drug-likeness (QED) is 0.523. The Morgan fingerprint density at radius 1 is 1.67 bits per heavy atom. The van der Waals surface area contributed by atoms with Crippen LogP contribution in [0.4, 0.5) is 0 Å². The molecule has 0 aromatic carbocycles. The number of hydrogen-bond donors (Lipinski definition) is 1. The molecule has 1 N–H and O–H groups in total. The lowest BCUT2D eigenvalue weighted by molar-refractivity contribution is 0.314. The molecule has 0 spiro atoms. The van der Waals surface area contributed by atoms with Crippen LogP contribution in [0.1, 0.15) is 6.42 Å². The van der Waals surface area contributed by atoms with Crippen molar-refractivity contribution in [3.05, 3.63) is 12.2 Å². The number of fused-ring (bicyclic) bond motifs is 2. The molecule has 1 fully saturated rings. The van der Waals surface area contributed by atoms with Crippen LogP contribution < -0.4 is 5.32 Å². The van der Waals surface area contributed by atoms with E-state index in [4.69, 9.17) is 16.9 Å². The summed E-state index contributed by atoms with van der Waals surface area (Å²) in [4.78, 5) is 0. The number of rotatable bonds is 0. The molecule has 3 rings (SSSR count). The van der Waals surface area contributed by atoms with E-state index >= 15 is 0 Å². The molecule has 66 valence electrons. The lowest BCUT2D eigenvalue weighted by atomic mass is 9.78. The van der Waals surface area contributed by atoms with Gasteiger partial charge in [-0.15, -0.1) is 28.6 Å². The summed E-state index contributed by atoms with van der Waals surface area (Å²) in [5.74, 6) is 0.535. The Morgan fingerprint density at radius 2 is 2.42 bits per heavy atom.